The molecule has 0 saturated heterocycles. The molecule has 2 amide bonds. The van der Waals surface area contributed by atoms with E-state index >= 15 is 0 Å². The van der Waals surface area contributed by atoms with Gasteiger partial charge < -0.3 is 10.3 Å². The third-order valence-electron chi connectivity index (χ3n) is 3.14. The van der Waals surface area contributed by atoms with Gasteiger partial charge in [-0.25, -0.2) is 9.37 Å². The average Bonchev–Trinajstić information content (AvgIpc) is 2.94. The van der Waals surface area contributed by atoms with Crippen molar-refractivity contribution in [1.29, 1.82) is 0 Å². The van der Waals surface area contributed by atoms with Gasteiger partial charge in [0.1, 0.15) is 5.82 Å². The number of aromatic amines is 1. The quantitative estimate of drug-likeness (QED) is 0.689. The topological polar surface area (TPSA) is 86.9 Å². The van der Waals surface area contributed by atoms with E-state index in [1.165, 1.54) is 18.2 Å². The first-order chi connectivity index (χ1) is 11.1. The molecule has 23 heavy (non-hydrogen) atoms. The van der Waals surface area contributed by atoms with Crippen LogP contribution in [0.3, 0.4) is 0 Å². The lowest BCUT2D eigenvalue weighted by molar-refractivity contribution is -0.115. The van der Waals surface area contributed by atoms with Crippen LogP contribution in [0.5, 0.6) is 0 Å². The van der Waals surface area contributed by atoms with E-state index in [2.05, 4.69) is 20.6 Å². The number of hydrogen-bond acceptors (Lipinski definition) is 3. The number of anilines is 1. The van der Waals surface area contributed by atoms with Gasteiger partial charge in [0.15, 0.2) is 0 Å². The summed E-state index contributed by atoms with van der Waals surface area (Å²) >= 11 is 0. The molecule has 1 aromatic heterocycles. The minimum atomic E-state index is -0.524. The van der Waals surface area contributed by atoms with Gasteiger partial charge in [-0.15, -0.1) is 0 Å². The number of fused-ring (bicyclic) bond motifs is 1. The second-order valence-electron chi connectivity index (χ2n) is 4.84. The molecule has 0 aliphatic heterocycles. The lowest BCUT2D eigenvalue weighted by Crippen LogP contribution is -2.33. The zero-order chi connectivity index (χ0) is 16.2. The van der Waals surface area contributed by atoms with E-state index in [1.54, 1.807) is 0 Å². The Balaban J connectivity index is 1.58. The lowest BCUT2D eigenvalue weighted by atomic mass is 10.2. The van der Waals surface area contributed by atoms with Crippen LogP contribution in [0.25, 0.3) is 11.0 Å². The number of halogens is 1. The van der Waals surface area contributed by atoms with Gasteiger partial charge in [-0.1, -0.05) is 18.2 Å². The van der Waals surface area contributed by atoms with Crippen molar-refractivity contribution >= 4 is 28.8 Å². The van der Waals surface area contributed by atoms with Crippen LogP contribution in [0.1, 0.15) is 10.4 Å². The number of rotatable bonds is 4. The van der Waals surface area contributed by atoms with Gasteiger partial charge in [0, 0.05) is 5.56 Å². The highest BCUT2D eigenvalue weighted by atomic mass is 19.1. The van der Waals surface area contributed by atoms with E-state index < -0.39 is 17.6 Å². The summed E-state index contributed by atoms with van der Waals surface area (Å²) in [6, 6.07) is 12.6. The molecule has 3 N–H and O–H groups in total. The second-order valence-corrected chi connectivity index (χ2v) is 4.84. The van der Waals surface area contributed by atoms with Gasteiger partial charge in [0.2, 0.25) is 11.9 Å². The Kier molecular flexibility index (Phi) is 4.01. The van der Waals surface area contributed by atoms with Crippen molar-refractivity contribution < 1.29 is 14.0 Å². The Bertz CT molecular complexity index is 842. The molecule has 0 aliphatic rings. The normalized spacial score (nSPS) is 10.5. The predicted molar refractivity (Wildman–Crippen MR) is 83.5 cm³/mol. The number of carbonyl (C=O) groups excluding carboxylic acids is 2. The number of benzene rings is 2. The SMILES string of the molecule is O=C(CNC(=O)c1cccc(F)c1)Nc1nc2ccccc2[nH]1. The molecule has 0 atom stereocenters. The Labute approximate surface area is 130 Å². The summed E-state index contributed by atoms with van der Waals surface area (Å²) in [6.07, 6.45) is 0. The third-order valence-corrected chi connectivity index (χ3v) is 3.14. The third kappa shape index (κ3) is 3.52. The van der Waals surface area contributed by atoms with E-state index in [0.29, 0.717) is 5.95 Å². The number of H-pyrrole nitrogens is 1. The average molecular weight is 312 g/mol. The molecular formula is C16H13FN4O2. The van der Waals surface area contributed by atoms with Crippen LogP contribution in [0.15, 0.2) is 48.5 Å². The van der Waals surface area contributed by atoms with Gasteiger partial charge >= 0.3 is 0 Å². The maximum Gasteiger partial charge on any atom is 0.251 e. The van der Waals surface area contributed by atoms with Gasteiger partial charge in [-0.05, 0) is 30.3 Å². The molecule has 7 heteroatoms. The van der Waals surface area contributed by atoms with E-state index in [-0.39, 0.29) is 12.1 Å². The van der Waals surface area contributed by atoms with E-state index in [0.717, 1.165) is 17.1 Å². The van der Waals surface area contributed by atoms with Crippen LogP contribution in [0.2, 0.25) is 0 Å². The second kappa shape index (κ2) is 6.27. The molecule has 0 unspecified atom stereocenters. The first-order valence-electron chi connectivity index (χ1n) is 6.90. The molecule has 1 heterocycles. The smallest absolute Gasteiger partial charge is 0.251 e. The lowest BCUT2D eigenvalue weighted by Gasteiger charge is -2.05. The Morgan fingerprint density at radius 3 is 2.74 bits per heavy atom. The number of hydrogen-bond donors (Lipinski definition) is 3. The molecule has 0 fully saturated rings. The minimum absolute atomic E-state index is 0.154. The van der Waals surface area contributed by atoms with Gasteiger partial charge in [0.05, 0.1) is 17.6 Å². The molecule has 6 nitrogen and oxygen atoms in total. The highest BCUT2D eigenvalue weighted by Gasteiger charge is 2.10. The van der Waals surface area contributed by atoms with Crippen LogP contribution in [0, 0.1) is 5.82 Å². The van der Waals surface area contributed by atoms with Crippen LogP contribution < -0.4 is 10.6 Å². The van der Waals surface area contributed by atoms with E-state index in [4.69, 9.17) is 0 Å². The summed E-state index contributed by atoms with van der Waals surface area (Å²) in [5.74, 6) is -1.17. The summed E-state index contributed by atoms with van der Waals surface area (Å²) in [5.41, 5.74) is 1.68. The molecular weight excluding hydrogens is 299 g/mol. The van der Waals surface area contributed by atoms with Crippen molar-refractivity contribution in [2.24, 2.45) is 0 Å². The molecule has 3 rings (SSSR count). The molecule has 3 aromatic rings. The van der Waals surface area contributed by atoms with Gasteiger partial charge in [0.25, 0.3) is 5.91 Å². The Morgan fingerprint density at radius 2 is 1.96 bits per heavy atom. The zero-order valence-electron chi connectivity index (χ0n) is 12.0. The van der Waals surface area contributed by atoms with Crippen molar-refractivity contribution in [2.45, 2.75) is 0 Å². The zero-order valence-corrected chi connectivity index (χ0v) is 12.0. The number of aromatic nitrogens is 2. The van der Waals surface area contributed by atoms with Gasteiger partial charge in [-0.2, -0.15) is 0 Å². The Hall–Kier alpha value is -3.22. The largest absolute Gasteiger partial charge is 0.343 e. The molecule has 0 spiro atoms. The van der Waals surface area contributed by atoms with E-state index in [1.807, 2.05) is 24.3 Å². The molecule has 0 aliphatic carbocycles. The highest BCUT2D eigenvalue weighted by molar-refractivity contribution is 5.99. The molecule has 116 valence electrons. The maximum absolute atomic E-state index is 13.0. The minimum Gasteiger partial charge on any atom is -0.343 e. The molecule has 2 aromatic carbocycles. The number of carbonyl (C=O) groups is 2. The summed E-state index contributed by atoms with van der Waals surface area (Å²) in [6.45, 7) is -0.244. The van der Waals surface area contributed by atoms with Crippen molar-refractivity contribution in [3.05, 3.63) is 59.9 Å². The maximum atomic E-state index is 13.0. The first kappa shape index (κ1) is 14.7. The number of imidazole rings is 1. The summed E-state index contributed by atoms with van der Waals surface area (Å²) < 4.78 is 13.0. The van der Waals surface area contributed by atoms with Crippen molar-refractivity contribution in [3.63, 3.8) is 0 Å². The monoisotopic (exact) mass is 312 g/mol. The van der Waals surface area contributed by atoms with Crippen molar-refractivity contribution in [1.82, 2.24) is 15.3 Å². The first-order valence-corrected chi connectivity index (χ1v) is 6.90. The van der Waals surface area contributed by atoms with Crippen molar-refractivity contribution in [2.75, 3.05) is 11.9 Å². The molecule has 0 saturated carbocycles. The fourth-order valence-electron chi connectivity index (χ4n) is 2.08. The number of nitrogens with one attached hydrogen (secondary N) is 3. The number of para-hydroxylation sites is 2. The summed E-state index contributed by atoms with van der Waals surface area (Å²) in [5, 5.41) is 4.98. The number of amides is 2. The number of nitrogens with zero attached hydrogens (tertiary/aromatic N) is 1. The fraction of sp³-hybridized carbons (Fsp3) is 0.0625. The van der Waals surface area contributed by atoms with Crippen molar-refractivity contribution in [3.8, 4) is 0 Å². The highest BCUT2D eigenvalue weighted by Crippen LogP contribution is 2.12. The Morgan fingerprint density at radius 1 is 1.13 bits per heavy atom. The summed E-state index contributed by atoms with van der Waals surface area (Å²) in [4.78, 5) is 30.8. The standard InChI is InChI=1S/C16H13FN4O2/c17-11-5-3-4-10(8-11)15(23)18-9-14(22)21-16-19-12-6-1-2-7-13(12)20-16/h1-8H,9H2,(H,18,23)(H2,19,20,21,22). The predicted octanol–water partition coefficient (Wildman–Crippen LogP) is 2.07. The van der Waals surface area contributed by atoms with Crippen LogP contribution in [-0.2, 0) is 4.79 Å². The van der Waals surface area contributed by atoms with Gasteiger partial charge in [-0.3, -0.25) is 14.9 Å². The molecule has 0 bridgehead atoms. The van der Waals surface area contributed by atoms with Crippen LogP contribution in [0.4, 0.5) is 10.3 Å². The van der Waals surface area contributed by atoms with Crippen LogP contribution in [-0.4, -0.2) is 28.3 Å². The van der Waals surface area contributed by atoms with E-state index in [9.17, 15) is 14.0 Å². The molecule has 0 radical (unpaired) electrons. The fourth-order valence-corrected chi connectivity index (χ4v) is 2.08. The summed E-state index contributed by atoms with van der Waals surface area (Å²) in [7, 11) is 0. The van der Waals surface area contributed by atoms with Crippen LogP contribution >= 0.6 is 0 Å².